The van der Waals surface area contributed by atoms with Crippen LogP contribution in [0.15, 0.2) is 18.2 Å². The summed E-state index contributed by atoms with van der Waals surface area (Å²) < 4.78 is 1.75. The number of rotatable bonds is 2. The zero-order valence-corrected chi connectivity index (χ0v) is 11.3. The maximum absolute atomic E-state index is 6.02. The number of hydrogen-bond acceptors (Lipinski definition) is 4. The first-order valence-electron chi connectivity index (χ1n) is 6.11. The van der Waals surface area contributed by atoms with Crippen molar-refractivity contribution in [2.24, 2.45) is 0 Å². The van der Waals surface area contributed by atoms with Gasteiger partial charge in [0.25, 0.3) is 0 Å². The molecule has 2 aromatic rings. The summed E-state index contributed by atoms with van der Waals surface area (Å²) in [5.41, 5.74) is 8.73. The molecule has 0 aliphatic rings. The molecule has 18 heavy (non-hydrogen) atoms. The van der Waals surface area contributed by atoms with Gasteiger partial charge in [-0.05, 0) is 34.5 Å². The standard InChI is InChI=1S/C13H19N5/c1-5-9-6-7-10(8-11(9)14)18-12(13(2,3)4)15-16-17-18/h6-8H,5,14H2,1-4H3. The Bertz CT molecular complexity index is 551. The van der Waals surface area contributed by atoms with E-state index in [0.717, 1.165) is 29.2 Å². The SMILES string of the molecule is CCc1ccc(-n2nnnc2C(C)(C)C)cc1N. The van der Waals surface area contributed by atoms with Gasteiger partial charge in [0.05, 0.1) is 5.69 Å². The van der Waals surface area contributed by atoms with Gasteiger partial charge in [-0.1, -0.05) is 33.8 Å². The maximum Gasteiger partial charge on any atom is 0.162 e. The predicted molar refractivity (Wildman–Crippen MR) is 71.6 cm³/mol. The van der Waals surface area contributed by atoms with E-state index in [1.807, 2.05) is 18.2 Å². The highest BCUT2D eigenvalue weighted by atomic mass is 15.5. The molecule has 0 radical (unpaired) electrons. The molecule has 5 heteroatoms. The summed E-state index contributed by atoms with van der Waals surface area (Å²) in [5, 5.41) is 11.9. The van der Waals surface area contributed by atoms with Crippen LogP contribution in [0.2, 0.25) is 0 Å². The van der Waals surface area contributed by atoms with Gasteiger partial charge in [-0.2, -0.15) is 4.68 Å². The summed E-state index contributed by atoms with van der Waals surface area (Å²) in [7, 11) is 0. The van der Waals surface area contributed by atoms with Crippen LogP contribution in [-0.4, -0.2) is 20.2 Å². The monoisotopic (exact) mass is 245 g/mol. The van der Waals surface area contributed by atoms with Gasteiger partial charge in [-0.25, -0.2) is 0 Å². The van der Waals surface area contributed by atoms with Crippen LogP contribution in [0.25, 0.3) is 5.69 Å². The summed E-state index contributed by atoms with van der Waals surface area (Å²) in [6, 6.07) is 5.95. The number of nitrogens with two attached hydrogens (primary N) is 1. The molecule has 0 aliphatic carbocycles. The Hall–Kier alpha value is -1.91. The van der Waals surface area contributed by atoms with Crippen molar-refractivity contribution in [3.63, 3.8) is 0 Å². The number of hydrogen-bond donors (Lipinski definition) is 1. The minimum atomic E-state index is -0.109. The molecule has 0 unspecified atom stereocenters. The molecule has 0 amide bonds. The molecule has 0 saturated heterocycles. The lowest BCUT2D eigenvalue weighted by Crippen LogP contribution is -2.19. The fourth-order valence-electron chi connectivity index (χ4n) is 1.86. The van der Waals surface area contributed by atoms with E-state index in [-0.39, 0.29) is 5.41 Å². The minimum absolute atomic E-state index is 0.109. The fraction of sp³-hybridized carbons (Fsp3) is 0.462. The number of tetrazole rings is 1. The molecular formula is C13H19N5. The van der Waals surface area contributed by atoms with Gasteiger partial charge in [0.2, 0.25) is 0 Å². The number of anilines is 1. The highest BCUT2D eigenvalue weighted by molar-refractivity contribution is 5.54. The van der Waals surface area contributed by atoms with Crippen LogP contribution in [0.1, 0.15) is 39.1 Å². The molecule has 96 valence electrons. The molecule has 0 fully saturated rings. The van der Waals surface area contributed by atoms with E-state index in [0.29, 0.717) is 0 Å². The number of nitrogen functional groups attached to an aromatic ring is 1. The molecular weight excluding hydrogens is 226 g/mol. The molecule has 0 aliphatic heterocycles. The van der Waals surface area contributed by atoms with Gasteiger partial charge in [0.15, 0.2) is 5.82 Å². The zero-order chi connectivity index (χ0) is 13.3. The minimum Gasteiger partial charge on any atom is -0.398 e. The van der Waals surface area contributed by atoms with Crippen molar-refractivity contribution in [1.82, 2.24) is 20.2 Å². The van der Waals surface area contributed by atoms with Gasteiger partial charge in [-0.15, -0.1) is 5.10 Å². The largest absolute Gasteiger partial charge is 0.398 e. The third kappa shape index (κ3) is 2.20. The second kappa shape index (κ2) is 4.40. The average molecular weight is 245 g/mol. The first kappa shape index (κ1) is 12.5. The number of aromatic nitrogens is 4. The van der Waals surface area contributed by atoms with E-state index >= 15 is 0 Å². The van der Waals surface area contributed by atoms with Gasteiger partial charge in [0.1, 0.15) is 0 Å². The molecule has 2 N–H and O–H groups in total. The van der Waals surface area contributed by atoms with Crippen molar-refractivity contribution in [2.45, 2.75) is 39.5 Å². The lowest BCUT2D eigenvalue weighted by atomic mass is 9.95. The van der Waals surface area contributed by atoms with E-state index < -0.39 is 0 Å². The fourth-order valence-corrected chi connectivity index (χ4v) is 1.86. The predicted octanol–water partition coefficient (Wildman–Crippen LogP) is 2.10. The second-order valence-electron chi connectivity index (χ2n) is 5.40. The highest BCUT2D eigenvalue weighted by Gasteiger charge is 2.22. The van der Waals surface area contributed by atoms with Crippen molar-refractivity contribution in [3.8, 4) is 5.69 Å². The number of benzene rings is 1. The van der Waals surface area contributed by atoms with Crippen molar-refractivity contribution in [1.29, 1.82) is 0 Å². The first-order valence-corrected chi connectivity index (χ1v) is 6.11. The third-order valence-corrected chi connectivity index (χ3v) is 2.90. The van der Waals surface area contributed by atoms with Crippen molar-refractivity contribution in [3.05, 3.63) is 29.6 Å². The number of nitrogens with zero attached hydrogens (tertiary/aromatic N) is 4. The Morgan fingerprint density at radius 2 is 2.00 bits per heavy atom. The average Bonchev–Trinajstić information content (AvgIpc) is 2.77. The van der Waals surface area contributed by atoms with E-state index in [9.17, 15) is 0 Å². The molecule has 1 aromatic carbocycles. The van der Waals surface area contributed by atoms with Crippen molar-refractivity contribution in [2.75, 3.05) is 5.73 Å². The Balaban J connectivity index is 2.50. The molecule has 0 bridgehead atoms. The lowest BCUT2D eigenvalue weighted by Gasteiger charge is -2.17. The van der Waals surface area contributed by atoms with Crippen molar-refractivity contribution >= 4 is 5.69 Å². The molecule has 1 heterocycles. The van der Waals surface area contributed by atoms with Crippen molar-refractivity contribution < 1.29 is 0 Å². The summed E-state index contributed by atoms with van der Waals surface area (Å²) in [6.07, 6.45) is 0.924. The Kier molecular flexibility index (Phi) is 3.07. The maximum atomic E-state index is 6.02. The van der Waals surface area contributed by atoms with E-state index in [1.54, 1.807) is 4.68 Å². The number of aryl methyl sites for hydroxylation is 1. The Morgan fingerprint density at radius 1 is 1.28 bits per heavy atom. The molecule has 2 rings (SSSR count). The molecule has 0 saturated carbocycles. The summed E-state index contributed by atoms with van der Waals surface area (Å²) in [6.45, 7) is 8.33. The third-order valence-electron chi connectivity index (χ3n) is 2.90. The highest BCUT2D eigenvalue weighted by Crippen LogP contribution is 2.23. The molecule has 0 spiro atoms. The van der Waals surface area contributed by atoms with Crippen LogP contribution in [0, 0.1) is 0 Å². The van der Waals surface area contributed by atoms with Crippen LogP contribution in [0.4, 0.5) is 5.69 Å². The lowest BCUT2D eigenvalue weighted by molar-refractivity contribution is 0.526. The quantitative estimate of drug-likeness (QED) is 0.823. The second-order valence-corrected chi connectivity index (χ2v) is 5.40. The van der Waals surface area contributed by atoms with Gasteiger partial charge in [0, 0.05) is 11.1 Å². The summed E-state index contributed by atoms with van der Waals surface area (Å²) in [5.74, 6) is 0.825. The van der Waals surface area contributed by atoms with Gasteiger partial charge in [-0.3, -0.25) is 0 Å². The molecule has 1 aromatic heterocycles. The molecule has 5 nitrogen and oxygen atoms in total. The van der Waals surface area contributed by atoms with Gasteiger partial charge < -0.3 is 5.73 Å². The smallest absolute Gasteiger partial charge is 0.162 e. The van der Waals surface area contributed by atoms with Crippen LogP contribution in [-0.2, 0) is 11.8 Å². The Labute approximate surface area is 107 Å². The summed E-state index contributed by atoms with van der Waals surface area (Å²) >= 11 is 0. The Morgan fingerprint density at radius 3 is 2.56 bits per heavy atom. The van der Waals surface area contributed by atoms with E-state index in [1.165, 1.54) is 0 Å². The van der Waals surface area contributed by atoms with E-state index in [2.05, 4.69) is 43.2 Å². The molecule has 0 atom stereocenters. The van der Waals surface area contributed by atoms with Crippen LogP contribution < -0.4 is 5.73 Å². The van der Waals surface area contributed by atoms with E-state index in [4.69, 9.17) is 5.73 Å². The zero-order valence-electron chi connectivity index (χ0n) is 11.3. The first-order chi connectivity index (χ1) is 8.43. The van der Waals surface area contributed by atoms with Crippen LogP contribution in [0.3, 0.4) is 0 Å². The topological polar surface area (TPSA) is 69.6 Å². The van der Waals surface area contributed by atoms with Crippen LogP contribution >= 0.6 is 0 Å². The van der Waals surface area contributed by atoms with Gasteiger partial charge >= 0.3 is 0 Å². The normalized spacial score (nSPS) is 11.8. The van der Waals surface area contributed by atoms with Crippen LogP contribution in [0.5, 0.6) is 0 Å². The summed E-state index contributed by atoms with van der Waals surface area (Å²) in [4.78, 5) is 0.